The fourth-order valence-electron chi connectivity index (χ4n) is 1.64. The third-order valence-corrected chi connectivity index (χ3v) is 3.27. The van der Waals surface area contributed by atoms with Crippen molar-refractivity contribution in [2.45, 2.75) is 20.3 Å². The predicted octanol–water partition coefficient (Wildman–Crippen LogP) is 0.375. The van der Waals surface area contributed by atoms with E-state index < -0.39 is 5.41 Å². The molecular formula is C12H21N3O2. The number of rotatable bonds is 5. The summed E-state index contributed by atoms with van der Waals surface area (Å²) in [5.41, 5.74) is -0.898. The lowest BCUT2D eigenvalue weighted by Crippen LogP contribution is -2.44. The maximum Gasteiger partial charge on any atom is 0.240 e. The van der Waals surface area contributed by atoms with Gasteiger partial charge in [0, 0.05) is 26.2 Å². The van der Waals surface area contributed by atoms with Crippen LogP contribution in [0.1, 0.15) is 20.3 Å². The lowest BCUT2D eigenvalue weighted by atomic mass is 9.88. The topological polar surface area (TPSA) is 65.4 Å². The fourth-order valence-corrected chi connectivity index (χ4v) is 1.64. The maximum atomic E-state index is 11.8. The third-order valence-electron chi connectivity index (χ3n) is 3.27. The number of hydrogen-bond acceptors (Lipinski definition) is 4. The molecule has 0 aromatic heterocycles. The molecule has 5 nitrogen and oxygen atoms in total. The quantitative estimate of drug-likeness (QED) is 0.753. The second kappa shape index (κ2) is 6.58. The third kappa shape index (κ3) is 3.99. The molecule has 0 saturated carbocycles. The van der Waals surface area contributed by atoms with Crippen molar-refractivity contribution in [2.75, 3.05) is 39.4 Å². The van der Waals surface area contributed by atoms with E-state index in [0.717, 1.165) is 32.8 Å². The van der Waals surface area contributed by atoms with Crippen molar-refractivity contribution in [3.8, 4) is 6.07 Å². The van der Waals surface area contributed by atoms with E-state index in [1.807, 2.05) is 6.92 Å². The highest BCUT2D eigenvalue weighted by atomic mass is 16.5. The zero-order chi connectivity index (χ0) is 12.7. The molecule has 17 heavy (non-hydrogen) atoms. The summed E-state index contributed by atoms with van der Waals surface area (Å²) < 4.78 is 5.24. The number of hydrogen-bond donors (Lipinski definition) is 1. The molecule has 0 spiro atoms. The molecule has 5 heteroatoms. The van der Waals surface area contributed by atoms with Crippen LogP contribution in [-0.2, 0) is 9.53 Å². The molecule has 1 unspecified atom stereocenters. The minimum Gasteiger partial charge on any atom is -0.379 e. The van der Waals surface area contributed by atoms with Gasteiger partial charge in [0.25, 0.3) is 0 Å². The molecule has 1 N–H and O–H groups in total. The molecular weight excluding hydrogens is 218 g/mol. The Bertz CT molecular complexity index is 295. The van der Waals surface area contributed by atoms with Gasteiger partial charge in [0.05, 0.1) is 19.3 Å². The second-order valence-corrected chi connectivity index (χ2v) is 4.51. The van der Waals surface area contributed by atoms with E-state index in [-0.39, 0.29) is 5.91 Å². The molecule has 1 aliphatic heterocycles. The van der Waals surface area contributed by atoms with Gasteiger partial charge >= 0.3 is 0 Å². The van der Waals surface area contributed by atoms with E-state index in [9.17, 15) is 4.79 Å². The largest absolute Gasteiger partial charge is 0.379 e. The molecule has 0 aliphatic carbocycles. The minimum atomic E-state index is -0.898. The summed E-state index contributed by atoms with van der Waals surface area (Å²) in [6.45, 7) is 8.30. The highest BCUT2D eigenvalue weighted by Gasteiger charge is 2.30. The zero-order valence-corrected chi connectivity index (χ0v) is 10.7. The average Bonchev–Trinajstić information content (AvgIpc) is 2.39. The van der Waals surface area contributed by atoms with Crippen molar-refractivity contribution in [1.82, 2.24) is 10.2 Å². The normalized spacial score (nSPS) is 20.3. The van der Waals surface area contributed by atoms with Crippen LogP contribution in [0, 0.1) is 16.7 Å². The molecule has 0 aromatic rings. The van der Waals surface area contributed by atoms with Gasteiger partial charge in [-0.15, -0.1) is 0 Å². The number of amides is 1. The summed E-state index contributed by atoms with van der Waals surface area (Å²) in [5.74, 6) is -0.171. The van der Waals surface area contributed by atoms with Crippen LogP contribution >= 0.6 is 0 Å². The zero-order valence-electron chi connectivity index (χ0n) is 10.7. The first-order chi connectivity index (χ1) is 8.12. The molecule has 1 saturated heterocycles. The molecule has 1 rings (SSSR count). The minimum absolute atomic E-state index is 0.171. The molecule has 0 radical (unpaired) electrons. The van der Waals surface area contributed by atoms with Crippen LogP contribution in [0.15, 0.2) is 0 Å². The molecule has 96 valence electrons. The van der Waals surface area contributed by atoms with Gasteiger partial charge in [0.15, 0.2) is 0 Å². The summed E-state index contributed by atoms with van der Waals surface area (Å²) >= 11 is 0. The van der Waals surface area contributed by atoms with E-state index in [1.165, 1.54) is 0 Å². The number of nitrogens with one attached hydrogen (secondary N) is 1. The lowest BCUT2D eigenvalue weighted by Gasteiger charge is -2.27. The number of ether oxygens (including phenoxy) is 1. The Kier molecular flexibility index (Phi) is 5.39. The number of nitrogens with zero attached hydrogens (tertiary/aromatic N) is 2. The van der Waals surface area contributed by atoms with E-state index >= 15 is 0 Å². The Labute approximate surface area is 103 Å². The van der Waals surface area contributed by atoms with Crippen molar-refractivity contribution >= 4 is 5.91 Å². The van der Waals surface area contributed by atoms with Crippen LogP contribution in [0.2, 0.25) is 0 Å². The van der Waals surface area contributed by atoms with E-state index in [4.69, 9.17) is 10.00 Å². The van der Waals surface area contributed by atoms with Crippen LogP contribution in [0.25, 0.3) is 0 Å². The van der Waals surface area contributed by atoms with Gasteiger partial charge in [0.1, 0.15) is 5.41 Å². The van der Waals surface area contributed by atoms with Gasteiger partial charge in [-0.05, 0) is 13.3 Å². The van der Waals surface area contributed by atoms with Crippen molar-refractivity contribution < 1.29 is 9.53 Å². The van der Waals surface area contributed by atoms with Gasteiger partial charge in [0.2, 0.25) is 5.91 Å². The first kappa shape index (κ1) is 13.9. The van der Waals surface area contributed by atoms with Gasteiger partial charge < -0.3 is 10.1 Å². The van der Waals surface area contributed by atoms with Gasteiger partial charge in [-0.1, -0.05) is 6.92 Å². The SMILES string of the molecule is CCC(C)(C#N)C(=O)NCCN1CCOCC1. The standard InChI is InChI=1S/C12H21N3O2/c1-3-12(2,10-13)11(16)14-4-5-15-6-8-17-9-7-15/h3-9H2,1-2H3,(H,14,16). The highest BCUT2D eigenvalue weighted by Crippen LogP contribution is 2.19. The van der Waals surface area contributed by atoms with Crippen LogP contribution in [0.4, 0.5) is 0 Å². The average molecular weight is 239 g/mol. The molecule has 1 atom stereocenters. The second-order valence-electron chi connectivity index (χ2n) is 4.51. The molecule has 0 bridgehead atoms. The first-order valence-corrected chi connectivity index (χ1v) is 6.12. The number of carbonyl (C=O) groups excluding carboxylic acids is 1. The van der Waals surface area contributed by atoms with Gasteiger partial charge in [-0.3, -0.25) is 9.69 Å². The number of morpholine rings is 1. The van der Waals surface area contributed by atoms with Gasteiger partial charge in [-0.2, -0.15) is 5.26 Å². The smallest absolute Gasteiger partial charge is 0.240 e. The number of nitriles is 1. The maximum absolute atomic E-state index is 11.8. The number of carbonyl (C=O) groups is 1. The van der Waals surface area contributed by atoms with Crippen LogP contribution in [-0.4, -0.2) is 50.2 Å². The van der Waals surface area contributed by atoms with Crippen LogP contribution < -0.4 is 5.32 Å². The molecule has 1 heterocycles. The van der Waals surface area contributed by atoms with Gasteiger partial charge in [-0.25, -0.2) is 0 Å². The molecule has 1 aliphatic rings. The summed E-state index contributed by atoms with van der Waals surface area (Å²) in [6.07, 6.45) is 0.535. The predicted molar refractivity (Wildman–Crippen MR) is 64.3 cm³/mol. The van der Waals surface area contributed by atoms with Crippen molar-refractivity contribution in [2.24, 2.45) is 5.41 Å². The Balaban J connectivity index is 2.26. The van der Waals surface area contributed by atoms with E-state index in [0.29, 0.717) is 13.0 Å². The Morgan fingerprint density at radius 2 is 2.18 bits per heavy atom. The summed E-state index contributed by atoms with van der Waals surface area (Å²) in [4.78, 5) is 14.0. The Morgan fingerprint density at radius 3 is 2.71 bits per heavy atom. The van der Waals surface area contributed by atoms with E-state index in [2.05, 4.69) is 16.3 Å². The first-order valence-electron chi connectivity index (χ1n) is 6.12. The monoisotopic (exact) mass is 239 g/mol. The molecule has 1 amide bonds. The summed E-state index contributed by atoms with van der Waals surface area (Å²) in [6, 6.07) is 2.07. The van der Waals surface area contributed by atoms with Crippen LogP contribution in [0.5, 0.6) is 0 Å². The molecule has 1 fully saturated rings. The van der Waals surface area contributed by atoms with E-state index in [1.54, 1.807) is 6.92 Å². The summed E-state index contributed by atoms with van der Waals surface area (Å²) in [5, 5.41) is 11.8. The van der Waals surface area contributed by atoms with Crippen molar-refractivity contribution in [3.63, 3.8) is 0 Å². The lowest BCUT2D eigenvalue weighted by molar-refractivity contribution is -0.127. The van der Waals surface area contributed by atoms with Crippen LogP contribution in [0.3, 0.4) is 0 Å². The van der Waals surface area contributed by atoms with Crippen molar-refractivity contribution in [1.29, 1.82) is 5.26 Å². The molecule has 0 aromatic carbocycles. The fraction of sp³-hybridized carbons (Fsp3) is 0.833. The Morgan fingerprint density at radius 1 is 1.53 bits per heavy atom. The highest BCUT2D eigenvalue weighted by molar-refractivity contribution is 5.84. The van der Waals surface area contributed by atoms with Crippen molar-refractivity contribution in [3.05, 3.63) is 0 Å². The summed E-state index contributed by atoms with van der Waals surface area (Å²) in [7, 11) is 0. The Hall–Kier alpha value is -1.12.